The molecule has 1 aliphatic carbocycles. The van der Waals surface area contributed by atoms with Gasteiger partial charge in [0.2, 0.25) is 10.0 Å². The summed E-state index contributed by atoms with van der Waals surface area (Å²) in [7, 11) is -3.62. The number of rotatable bonds is 4. The lowest BCUT2D eigenvalue weighted by Crippen LogP contribution is -2.35. The van der Waals surface area contributed by atoms with Gasteiger partial charge < -0.3 is 5.32 Å². The molecule has 7 heteroatoms. The van der Waals surface area contributed by atoms with E-state index < -0.39 is 15.9 Å². The molecule has 2 aromatic rings. The van der Waals surface area contributed by atoms with Gasteiger partial charge in [-0.25, -0.2) is 8.42 Å². The maximum atomic E-state index is 12.9. The molecular weight excluding hydrogens is 396 g/mol. The predicted molar refractivity (Wildman–Crippen MR) is 110 cm³/mol. The maximum Gasteiger partial charge on any atom is 0.257 e. The number of piperidine rings is 1. The summed E-state index contributed by atoms with van der Waals surface area (Å²) in [5.74, 6) is -0.404. The SMILES string of the molecule is O=C(Nc1ccc2c(c1)CCC2)c1cc(S(=O)(=O)N2CCCCC2)ccc1Cl. The van der Waals surface area contributed by atoms with E-state index in [-0.39, 0.29) is 15.5 Å². The monoisotopic (exact) mass is 418 g/mol. The molecule has 0 bridgehead atoms. The van der Waals surface area contributed by atoms with Gasteiger partial charge in [0.25, 0.3) is 5.91 Å². The standard InChI is InChI=1S/C21H23ClN2O3S/c22-20-10-9-18(28(26,27)24-11-2-1-3-12-24)14-19(20)21(25)23-17-8-7-15-5-4-6-16(15)13-17/h7-10,13-14H,1-6,11-12H2,(H,23,25). The Morgan fingerprint density at radius 3 is 2.46 bits per heavy atom. The first-order chi connectivity index (χ1) is 13.4. The van der Waals surface area contributed by atoms with Crippen molar-refractivity contribution in [2.45, 2.75) is 43.4 Å². The van der Waals surface area contributed by atoms with Gasteiger partial charge in [0.05, 0.1) is 15.5 Å². The van der Waals surface area contributed by atoms with Gasteiger partial charge >= 0.3 is 0 Å². The molecule has 1 aliphatic heterocycles. The lowest BCUT2D eigenvalue weighted by molar-refractivity contribution is 0.102. The highest BCUT2D eigenvalue weighted by Crippen LogP contribution is 2.28. The van der Waals surface area contributed by atoms with Crippen LogP contribution < -0.4 is 5.32 Å². The Labute approximate surface area is 170 Å². The van der Waals surface area contributed by atoms with Gasteiger partial charge in [-0.1, -0.05) is 24.1 Å². The fourth-order valence-electron chi connectivity index (χ4n) is 3.94. The summed E-state index contributed by atoms with van der Waals surface area (Å²) in [5, 5.41) is 3.09. The number of hydrogen-bond donors (Lipinski definition) is 1. The van der Waals surface area contributed by atoms with Crippen LogP contribution in [0.4, 0.5) is 5.69 Å². The zero-order valence-corrected chi connectivity index (χ0v) is 17.2. The number of amides is 1. The van der Waals surface area contributed by atoms with Crippen LogP contribution >= 0.6 is 11.6 Å². The van der Waals surface area contributed by atoms with Crippen LogP contribution in [-0.2, 0) is 22.9 Å². The van der Waals surface area contributed by atoms with Crippen molar-refractivity contribution in [2.24, 2.45) is 0 Å². The fraction of sp³-hybridized carbons (Fsp3) is 0.381. The summed E-state index contributed by atoms with van der Waals surface area (Å²) < 4.78 is 27.3. The lowest BCUT2D eigenvalue weighted by Gasteiger charge is -2.26. The molecular formula is C21H23ClN2O3S. The number of benzene rings is 2. The Bertz CT molecular complexity index is 1010. The van der Waals surface area contributed by atoms with E-state index in [1.807, 2.05) is 18.2 Å². The zero-order chi connectivity index (χ0) is 19.7. The number of nitrogens with one attached hydrogen (secondary N) is 1. The molecule has 4 rings (SSSR count). The summed E-state index contributed by atoms with van der Waals surface area (Å²) in [5.41, 5.74) is 3.45. The van der Waals surface area contributed by atoms with Crippen molar-refractivity contribution in [2.75, 3.05) is 18.4 Å². The molecule has 1 amide bonds. The second-order valence-corrected chi connectivity index (χ2v) is 9.74. The molecule has 5 nitrogen and oxygen atoms in total. The summed E-state index contributed by atoms with van der Waals surface area (Å²) in [6.45, 7) is 1.03. The average Bonchev–Trinajstić information content (AvgIpc) is 3.16. The molecule has 0 atom stereocenters. The Kier molecular flexibility index (Phi) is 5.45. The van der Waals surface area contributed by atoms with Crippen LogP contribution in [0.1, 0.15) is 47.2 Å². The van der Waals surface area contributed by atoms with E-state index in [1.165, 1.54) is 33.6 Å². The number of halogens is 1. The minimum atomic E-state index is -3.62. The Hall–Kier alpha value is -1.89. The molecule has 28 heavy (non-hydrogen) atoms. The molecule has 1 saturated heterocycles. The molecule has 1 heterocycles. The molecule has 2 aliphatic rings. The van der Waals surface area contributed by atoms with Crippen molar-refractivity contribution in [3.05, 3.63) is 58.1 Å². The van der Waals surface area contributed by atoms with Gasteiger partial charge in [-0.2, -0.15) is 4.31 Å². The number of anilines is 1. The van der Waals surface area contributed by atoms with E-state index in [0.29, 0.717) is 18.8 Å². The summed E-state index contributed by atoms with van der Waals surface area (Å²) >= 11 is 6.22. The highest BCUT2D eigenvalue weighted by molar-refractivity contribution is 7.89. The van der Waals surface area contributed by atoms with Crippen LogP contribution in [0, 0.1) is 0 Å². The third-order valence-electron chi connectivity index (χ3n) is 5.49. The number of sulfonamides is 1. The van der Waals surface area contributed by atoms with Gasteiger partial charge in [0, 0.05) is 18.8 Å². The van der Waals surface area contributed by atoms with E-state index in [1.54, 1.807) is 0 Å². The molecule has 0 unspecified atom stereocenters. The number of nitrogens with zero attached hydrogens (tertiary/aromatic N) is 1. The van der Waals surface area contributed by atoms with Gasteiger partial charge in [-0.15, -0.1) is 0 Å². The second-order valence-electron chi connectivity index (χ2n) is 7.40. The van der Waals surface area contributed by atoms with E-state index >= 15 is 0 Å². The Morgan fingerprint density at radius 1 is 0.929 bits per heavy atom. The average molecular weight is 419 g/mol. The van der Waals surface area contributed by atoms with Crippen molar-refractivity contribution in [1.82, 2.24) is 4.31 Å². The third kappa shape index (κ3) is 3.81. The van der Waals surface area contributed by atoms with Crippen molar-refractivity contribution < 1.29 is 13.2 Å². The van der Waals surface area contributed by atoms with Crippen LogP contribution in [0.2, 0.25) is 5.02 Å². The smallest absolute Gasteiger partial charge is 0.257 e. The van der Waals surface area contributed by atoms with E-state index in [9.17, 15) is 13.2 Å². The number of hydrogen-bond acceptors (Lipinski definition) is 3. The molecule has 0 spiro atoms. The highest BCUT2D eigenvalue weighted by Gasteiger charge is 2.27. The third-order valence-corrected chi connectivity index (χ3v) is 7.72. The van der Waals surface area contributed by atoms with Gasteiger partial charge in [0.1, 0.15) is 0 Å². The topological polar surface area (TPSA) is 66.5 Å². The van der Waals surface area contributed by atoms with E-state index in [4.69, 9.17) is 11.6 Å². The molecule has 1 fully saturated rings. The molecule has 0 aromatic heterocycles. The minimum absolute atomic E-state index is 0.109. The maximum absolute atomic E-state index is 12.9. The zero-order valence-electron chi connectivity index (χ0n) is 15.6. The number of aryl methyl sites for hydroxylation is 2. The first kappa shape index (κ1) is 19.4. The Balaban J connectivity index is 1.59. The summed E-state index contributed by atoms with van der Waals surface area (Å²) in [6.07, 6.45) is 5.99. The largest absolute Gasteiger partial charge is 0.322 e. The van der Waals surface area contributed by atoms with Crippen molar-refractivity contribution in [3.8, 4) is 0 Å². The van der Waals surface area contributed by atoms with E-state index in [2.05, 4.69) is 5.32 Å². The van der Waals surface area contributed by atoms with Crippen LogP contribution in [0.15, 0.2) is 41.3 Å². The number of carbonyl (C=O) groups is 1. The van der Waals surface area contributed by atoms with Crippen LogP contribution in [0.25, 0.3) is 0 Å². The first-order valence-electron chi connectivity index (χ1n) is 9.68. The first-order valence-corrected chi connectivity index (χ1v) is 11.5. The molecule has 2 aromatic carbocycles. The van der Waals surface area contributed by atoms with Crippen LogP contribution in [0.3, 0.4) is 0 Å². The highest BCUT2D eigenvalue weighted by atomic mass is 35.5. The summed E-state index contributed by atoms with van der Waals surface area (Å²) in [4.78, 5) is 12.9. The van der Waals surface area contributed by atoms with Gasteiger partial charge in [-0.3, -0.25) is 4.79 Å². The molecule has 148 valence electrons. The normalized spacial score (nSPS) is 17.3. The number of fused-ring (bicyclic) bond motifs is 1. The van der Waals surface area contributed by atoms with Crippen molar-refractivity contribution >= 4 is 33.2 Å². The minimum Gasteiger partial charge on any atom is -0.322 e. The lowest BCUT2D eigenvalue weighted by atomic mass is 10.1. The van der Waals surface area contributed by atoms with Gasteiger partial charge in [0.15, 0.2) is 0 Å². The summed E-state index contributed by atoms with van der Waals surface area (Å²) in [6, 6.07) is 10.2. The quantitative estimate of drug-likeness (QED) is 0.806. The van der Waals surface area contributed by atoms with E-state index in [0.717, 1.165) is 38.5 Å². The predicted octanol–water partition coefficient (Wildman–Crippen LogP) is 4.26. The number of carbonyl (C=O) groups excluding carboxylic acids is 1. The fourth-order valence-corrected chi connectivity index (χ4v) is 5.69. The molecule has 1 N–H and O–H groups in total. The van der Waals surface area contributed by atoms with Crippen molar-refractivity contribution in [3.63, 3.8) is 0 Å². The molecule has 0 saturated carbocycles. The van der Waals surface area contributed by atoms with Crippen LogP contribution in [-0.4, -0.2) is 31.7 Å². The van der Waals surface area contributed by atoms with Crippen LogP contribution in [0.5, 0.6) is 0 Å². The Morgan fingerprint density at radius 2 is 1.68 bits per heavy atom. The van der Waals surface area contributed by atoms with Gasteiger partial charge in [-0.05, 0) is 73.6 Å². The second kappa shape index (κ2) is 7.85. The molecule has 0 radical (unpaired) electrons. The van der Waals surface area contributed by atoms with Crippen molar-refractivity contribution in [1.29, 1.82) is 0 Å².